The molecule has 0 aliphatic carbocycles. The molecular formula is C11H13BrN4. The number of nitrogens with zero attached hydrogens (tertiary/aromatic N) is 2. The van der Waals surface area contributed by atoms with Crippen molar-refractivity contribution in [1.82, 2.24) is 15.2 Å². The van der Waals surface area contributed by atoms with Crippen molar-refractivity contribution < 1.29 is 0 Å². The molecule has 0 amide bonds. The largest absolute Gasteiger partial charge is 0.321 e. The number of rotatable bonds is 3. The van der Waals surface area contributed by atoms with Crippen LogP contribution < -0.4 is 5.73 Å². The predicted molar refractivity (Wildman–Crippen MR) is 65.9 cm³/mol. The first kappa shape index (κ1) is 11.3. The quantitative estimate of drug-likeness (QED) is 0.906. The van der Waals surface area contributed by atoms with Gasteiger partial charge in [-0.25, -0.2) is 4.98 Å². The van der Waals surface area contributed by atoms with Crippen LogP contribution in [0.4, 0.5) is 0 Å². The van der Waals surface area contributed by atoms with Crippen LogP contribution in [-0.4, -0.2) is 15.2 Å². The monoisotopic (exact) mass is 280 g/mol. The number of hydrogen-bond donors (Lipinski definition) is 2. The van der Waals surface area contributed by atoms with Gasteiger partial charge in [-0.15, -0.1) is 0 Å². The molecule has 4 nitrogen and oxygen atoms in total. The van der Waals surface area contributed by atoms with Gasteiger partial charge in [0, 0.05) is 10.9 Å². The standard InChI is InChI=1S/C11H13BrN4/c1-7(13)11-14-10(15-16-11)6-8-2-4-9(12)5-3-8/h2-5,7H,6,13H2,1H3,(H,14,15,16). The maximum atomic E-state index is 5.69. The Morgan fingerprint density at radius 2 is 2.06 bits per heavy atom. The summed E-state index contributed by atoms with van der Waals surface area (Å²) in [6.07, 6.45) is 0.743. The SMILES string of the molecule is CC(N)c1n[nH]c(Cc2ccc(Br)cc2)n1. The van der Waals surface area contributed by atoms with Gasteiger partial charge in [-0.3, -0.25) is 5.10 Å². The molecule has 0 aliphatic heterocycles. The average Bonchev–Trinajstić information content (AvgIpc) is 2.70. The average molecular weight is 281 g/mol. The van der Waals surface area contributed by atoms with Gasteiger partial charge >= 0.3 is 0 Å². The van der Waals surface area contributed by atoms with E-state index in [4.69, 9.17) is 5.73 Å². The van der Waals surface area contributed by atoms with E-state index in [0.29, 0.717) is 5.82 Å². The molecule has 0 radical (unpaired) electrons. The predicted octanol–water partition coefficient (Wildman–Crippen LogP) is 2.18. The molecule has 0 saturated carbocycles. The molecule has 3 N–H and O–H groups in total. The molecule has 0 fully saturated rings. The van der Waals surface area contributed by atoms with Crippen LogP contribution in [0.2, 0.25) is 0 Å². The summed E-state index contributed by atoms with van der Waals surface area (Å²) in [6.45, 7) is 1.87. The first-order chi connectivity index (χ1) is 7.65. The normalized spacial score (nSPS) is 12.7. The molecule has 2 aromatic rings. The van der Waals surface area contributed by atoms with E-state index in [-0.39, 0.29) is 6.04 Å². The van der Waals surface area contributed by atoms with Crippen LogP contribution in [0.5, 0.6) is 0 Å². The van der Waals surface area contributed by atoms with Crippen molar-refractivity contribution in [3.05, 3.63) is 46.0 Å². The van der Waals surface area contributed by atoms with Crippen molar-refractivity contribution in [2.45, 2.75) is 19.4 Å². The Kier molecular flexibility index (Phi) is 3.36. The van der Waals surface area contributed by atoms with Gasteiger partial charge < -0.3 is 5.73 Å². The Bertz CT molecular complexity index is 461. The highest BCUT2D eigenvalue weighted by Crippen LogP contribution is 2.13. The topological polar surface area (TPSA) is 67.6 Å². The minimum absolute atomic E-state index is 0.130. The molecule has 1 aromatic carbocycles. The van der Waals surface area contributed by atoms with Gasteiger partial charge in [0.1, 0.15) is 5.82 Å². The third kappa shape index (κ3) is 2.68. The minimum atomic E-state index is -0.130. The van der Waals surface area contributed by atoms with Crippen molar-refractivity contribution in [2.24, 2.45) is 5.73 Å². The van der Waals surface area contributed by atoms with Gasteiger partial charge in [-0.1, -0.05) is 28.1 Å². The smallest absolute Gasteiger partial charge is 0.167 e. The zero-order valence-electron chi connectivity index (χ0n) is 8.94. The van der Waals surface area contributed by atoms with Gasteiger partial charge in [-0.2, -0.15) is 5.10 Å². The molecule has 0 spiro atoms. The second-order valence-electron chi connectivity index (χ2n) is 3.73. The van der Waals surface area contributed by atoms with Crippen molar-refractivity contribution in [3.8, 4) is 0 Å². The van der Waals surface area contributed by atoms with Crippen LogP contribution in [0.3, 0.4) is 0 Å². The molecule has 84 valence electrons. The number of benzene rings is 1. The van der Waals surface area contributed by atoms with Crippen LogP contribution in [0.25, 0.3) is 0 Å². The second-order valence-corrected chi connectivity index (χ2v) is 4.65. The van der Waals surface area contributed by atoms with E-state index >= 15 is 0 Å². The fourth-order valence-electron chi connectivity index (χ4n) is 1.39. The molecule has 2 rings (SSSR count). The van der Waals surface area contributed by atoms with Crippen molar-refractivity contribution in [2.75, 3.05) is 0 Å². The summed E-state index contributed by atoms with van der Waals surface area (Å²) in [5.74, 6) is 1.50. The molecule has 1 aromatic heterocycles. The molecule has 1 heterocycles. The number of aromatic nitrogens is 3. The van der Waals surface area contributed by atoms with E-state index in [1.54, 1.807) is 0 Å². The number of H-pyrrole nitrogens is 1. The summed E-state index contributed by atoms with van der Waals surface area (Å²) < 4.78 is 1.07. The molecule has 5 heteroatoms. The molecule has 1 unspecified atom stereocenters. The highest BCUT2D eigenvalue weighted by atomic mass is 79.9. The van der Waals surface area contributed by atoms with Crippen LogP contribution in [0.15, 0.2) is 28.7 Å². The number of halogens is 1. The van der Waals surface area contributed by atoms with Crippen molar-refractivity contribution >= 4 is 15.9 Å². The summed E-state index contributed by atoms with van der Waals surface area (Å²) in [5.41, 5.74) is 6.88. The summed E-state index contributed by atoms with van der Waals surface area (Å²) in [7, 11) is 0. The van der Waals surface area contributed by atoms with E-state index < -0.39 is 0 Å². The lowest BCUT2D eigenvalue weighted by atomic mass is 10.1. The van der Waals surface area contributed by atoms with Gasteiger partial charge in [0.25, 0.3) is 0 Å². The molecular weight excluding hydrogens is 268 g/mol. The first-order valence-electron chi connectivity index (χ1n) is 5.06. The number of aromatic amines is 1. The first-order valence-corrected chi connectivity index (χ1v) is 5.85. The fourth-order valence-corrected chi connectivity index (χ4v) is 1.65. The zero-order valence-corrected chi connectivity index (χ0v) is 10.5. The second kappa shape index (κ2) is 4.76. The lowest BCUT2D eigenvalue weighted by Crippen LogP contribution is -2.06. The maximum absolute atomic E-state index is 5.69. The minimum Gasteiger partial charge on any atom is -0.321 e. The molecule has 0 aliphatic rings. The Morgan fingerprint density at radius 1 is 1.38 bits per heavy atom. The van der Waals surface area contributed by atoms with E-state index in [0.717, 1.165) is 16.7 Å². The van der Waals surface area contributed by atoms with E-state index in [1.807, 2.05) is 19.1 Å². The number of hydrogen-bond acceptors (Lipinski definition) is 3. The summed E-state index contributed by atoms with van der Waals surface area (Å²) in [6, 6.07) is 8.00. The zero-order chi connectivity index (χ0) is 11.5. The number of nitrogens with one attached hydrogen (secondary N) is 1. The van der Waals surface area contributed by atoms with Crippen LogP contribution in [0, 0.1) is 0 Å². The van der Waals surface area contributed by atoms with E-state index in [9.17, 15) is 0 Å². The van der Waals surface area contributed by atoms with Crippen LogP contribution in [0.1, 0.15) is 30.2 Å². The summed E-state index contributed by atoms with van der Waals surface area (Å²) in [5, 5.41) is 6.96. The van der Waals surface area contributed by atoms with E-state index in [2.05, 4.69) is 43.2 Å². The fraction of sp³-hybridized carbons (Fsp3) is 0.273. The van der Waals surface area contributed by atoms with Crippen molar-refractivity contribution in [1.29, 1.82) is 0 Å². The lowest BCUT2D eigenvalue weighted by molar-refractivity contribution is 0.744. The molecule has 0 bridgehead atoms. The lowest BCUT2D eigenvalue weighted by Gasteiger charge is -1.98. The van der Waals surface area contributed by atoms with Crippen LogP contribution >= 0.6 is 15.9 Å². The summed E-state index contributed by atoms with van der Waals surface area (Å²) >= 11 is 3.40. The van der Waals surface area contributed by atoms with Gasteiger partial charge in [0.15, 0.2) is 5.82 Å². The highest BCUT2D eigenvalue weighted by molar-refractivity contribution is 9.10. The van der Waals surface area contributed by atoms with Gasteiger partial charge in [-0.05, 0) is 24.6 Å². The third-order valence-corrected chi connectivity index (χ3v) is 2.77. The Morgan fingerprint density at radius 3 is 2.62 bits per heavy atom. The van der Waals surface area contributed by atoms with Crippen molar-refractivity contribution in [3.63, 3.8) is 0 Å². The molecule has 0 saturated heterocycles. The Labute approximate surface area is 102 Å². The van der Waals surface area contributed by atoms with Gasteiger partial charge in [0.05, 0.1) is 6.04 Å². The summed E-state index contributed by atoms with van der Waals surface area (Å²) in [4.78, 5) is 4.32. The van der Waals surface area contributed by atoms with E-state index in [1.165, 1.54) is 5.56 Å². The Hall–Kier alpha value is -1.20. The van der Waals surface area contributed by atoms with Gasteiger partial charge in [0.2, 0.25) is 0 Å². The number of nitrogens with two attached hydrogens (primary N) is 1. The maximum Gasteiger partial charge on any atom is 0.167 e. The van der Waals surface area contributed by atoms with Crippen LogP contribution in [-0.2, 0) is 6.42 Å². The Balaban J connectivity index is 2.11. The molecule has 16 heavy (non-hydrogen) atoms. The molecule has 1 atom stereocenters. The third-order valence-electron chi connectivity index (χ3n) is 2.24. The highest BCUT2D eigenvalue weighted by Gasteiger charge is 2.07.